The minimum absolute atomic E-state index is 0.390. The normalized spacial score (nSPS) is 17.5. The van der Waals surface area contributed by atoms with E-state index in [0.29, 0.717) is 18.0 Å². The van der Waals surface area contributed by atoms with Gasteiger partial charge in [-0.2, -0.15) is 4.31 Å². The van der Waals surface area contributed by atoms with E-state index in [1.807, 2.05) is 26.0 Å². The minimum atomic E-state index is -3.36. The minimum Gasteiger partial charge on any atom is -0.328 e. The molecule has 1 aliphatic rings. The van der Waals surface area contributed by atoms with E-state index in [2.05, 4.69) is 10.4 Å². The smallest absolute Gasteiger partial charge is 0.243 e. The van der Waals surface area contributed by atoms with Gasteiger partial charge in [0.1, 0.15) is 12.2 Å². The Kier molecular flexibility index (Phi) is 4.82. The van der Waals surface area contributed by atoms with Crippen LogP contribution in [-0.2, 0) is 16.6 Å². The number of benzene rings is 1. The van der Waals surface area contributed by atoms with E-state index in [0.717, 1.165) is 35.9 Å². The summed E-state index contributed by atoms with van der Waals surface area (Å²) in [5, 5.41) is 3.18. The molecule has 0 bridgehead atoms. The highest BCUT2D eigenvalue weighted by Crippen LogP contribution is 2.16. The summed E-state index contributed by atoms with van der Waals surface area (Å²) in [5.74, 6) is 0. The van der Waals surface area contributed by atoms with E-state index >= 15 is 0 Å². The largest absolute Gasteiger partial charge is 0.328 e. The van der Waals surface area contributed by atoms with Crippen molar-refractivity contribution in [3.63, 3.8) is 0 Å². The van der Waals surface area contributed by atoms with Crippen molar-refractivity contribution in [3.8, 4) is 0 Å². The molecule has 1 aliphatic heterocycles. The molecule has 0 radical (unpaired) electrons. The van der Waals surface area contributed by atoms with E-state index in [9.17, 15) is 8.42 Å². The summed E-state index contributed by atoms with van der Waals surface area (Å²) >= 11 is 1.67. The molecule has 0 unspecified atom stereocenters. The van der Waals surface area contributed by atoms with Crippen molar-refractivity contribution in [1.82, 2.24) is 9.29 Å². The van der Waals surface area contributed by atoms with Gasteiger partial charge in [0.2, 0.25) is 10.0 Å². The van der Waals surface area contributed by atoms with E-state index in [1.54, 1.807) is 27.8 Å². The summed E-state index contributed by atoms with van der Waals surface area (Å²) in [6, 6.07) is 7.09. The van der Waals surface area contributed by atoms with Crippen LogP contribution in [0.5, 0.6) is 0 Å². The van der Waals surface area contributed by atoms with Crippen LogP contribution in [0, 0.1) is 13.8 Å². The predicted octanol–water partition coefficient (Wildman–Crippen LogP) is 0.849. The first-order chi connectivity index (χ1) is 10.9. The summed E-state index contributed by atoms with van der Waals surface area (Å²) in [6.07, 6.45) is 0. The van der Waals surface area contributed by atoms with Gasteiger partial charge in [0, 0.05) is 5.38 Å². The third kappa shape index (κ3) is 3.80. The summed E-state index contributed by atoms with van der Waals surface area (Å²) < 4.78 is 27.0. The van der Waals surface area contributed by atoms with E-state index in [4.69, 9.17) is 0 Å². The van der Waals surface area contributed by atoms with Crippen LogP contribution in [0.1, 0.15) is 16.3 Å². The number of piperazine rings is 1. The standard InChI is InChI=1S/C16H21N3O2S2/c1-13-3-5-16(6-4-13)23(20,21)19-9-7-18(8-10-19)11-15-12-22-14(2)17-15/h3-6,12H,7-11H2,1-2H3/p+1. The number of hydrogen-bond donors (Lipinski definition) is 1. The van der Waals surface area contributed by atoms with Gasteiger partial charge in [-0.3, -0.25) is 0 Å². The molecule has 0 atom stereocenters. The highest BCUT2D eigenvalue weighted by molar-refractivity contribution is 7.89. The molecule has 7 heteroatoms. The molecular weight excluding hydrogens is 330 g/mol. The molecule has 5 nitrogen and oxygen atoms in total. The number of hydrogen-bond acceptors (Lipinski definition) is 4. The van der Waals surface area contributed by atoms with Gasteiger partial charge >= 0.3 is 0 Å². The Hall–Kier alpha value is -1.28. The van der Waals surface area contributed by atoms with E-state index in [-0.39, 0.29) is 0 Å². The zero-order chi connectivity index (χ0) is 16.4. The first-order valence-corrected chi connectivity index (χ1v) is 10.1. The fourth-order valence-electron chi connectivity index (χ4n) is 2.82. The quantitative estimate of drug-likeness (QED) is 0.888. The molecule has 2 aromatic rings. The monoisotopic (exact) mass is 352 g/mol. The Morgan fingerprint density at radius 3 is 2.39 bits per heavy atom. The zero-order valence-electron chi connectivity index (χ0n) is 13.4. The Labute approximate surface area is 141 Å². The van der Waals surface area contributed by atoms with Gasteiger partial charge < -0.3 is 4.90 Å². The second-order valence-corrected chi connectivity index (χ2v) is 9.00. The Morgan fingerprint density at radius 2 is 1.83 bits per heavy atom. The van der Waals surface area contributed by atoms with Crippen molar-refractivity contribution < 1.29 is 13.3 Å². The molecule has 0 aliphatic carbocycles. The van der Waals surface area contributed by atoms with Gasteiger partial charge in [0.05, 0.1) is 36.1 Å². The molecule has 0 spiro atoms. The lowest BCUT2D eigenvalue weighted by molar-refractivity contribution is -0.917. The first kappa shape index (κ1) is 16.6. The van der Waals surface area contributed by atoms with Crippen LogP contribution in [0.25, 0.3) is 0 Å². The number of aryl methyl sites for hydroxylation is 2. The summed E-state index contributed by atoms with van der Waals surface area (Å²) in [5.41, 5.74) is 2.18. The van der Waals surface area contributed by atoms with Crippen LogP contribution in [0.4, 0.5) is 0 Å². The van der Waals surface area contributed by atoms with Gasteiger partial charge in [-0.05, 0) is 26.0 Å². The molecule has 1 N–H and O–H groups in total. The molecule has 3 rings (SSSR count). The molecular formula is C16H22N3O2S2+. The Morgan fingerprint density at radius 1 is 1.17 bits per heavy atom. The molecule has 0 saturated carbocycles. The van der Waals surface area contributed by atoms with E-state index in [1.165, 1.54) is 4.90 Å². The maximum absolute atomic E-state index is 12.7. The van der Waals surface area contributed by atoms with Gasteiger partial charge in [-0.1, -0.05) is 17.7 Å². The van der Waals surface area contributed by atoms with Crippen LogP contribution in [-0.4, -0.2) is 43.9 Å². The molecule has 23 heavy (non-hydrogen) atoms. The average molecular weight is 353 g/mol. The maximum Gasteiger partial charge on any atom is 0.243 e. The van der Waals surface area contributed by atoms with Crippen molar-refractivity contribution in [3.05, 3.63) is 45.9 Å². The molecule has 1 aromatic heterocycles. The molecule has 1 fully saturated rings. The van der Waals surface area contributed by atoms with Crippen molar-refractivity contribution >= 4 is 21.4 Å². The SMILES string of the molecule is Cc1ccc(S(=O)(=O)N2CC[NH+](Cc3csc(C)n3)CC2)cc1. The lowest BCUT2D eigenvalue weighted by atomic mass is 10.2. The van der Waals surface area contributed by atoms with Gasteiger partial charge in [-0.15, -0.1) is 11.3 Å². The topological polar surface area (TPSA) is 54.7 Å². The van der Waals surface area contributed by atoms with Gasteiger partial charge in [0.15, 0.2) is 0 Å². The van der Waals surface area contributed by atoms with Crippen molar-refractivity contribution in [1.29, 1.82) is 0 Å². The highest BCUT2D eigenvalue weighted by atomic mass is 32.2. The van der Waals surface area contributed by atoms with Crippen LogP contribution in [0.15, 0.2) is 34.5 Å². The second kappa shape index (κ2) is 6.68. The predicted molar refractivity (Wildman–Crippen MR) is 91.2 cm³/mol. The second-order valence-electron chi connectivity index (χ2n) is 6.00. The molecule has 2 heterocycles. The lowest BCUT2D eigenvalue weighted by Gasteiger charge is -2.31. The van der Waals surface area contributed by atoms with E-state index < -0.39 is 10.0 Å². The first-order valence-electron chi connectivity index (χ1n) is 7.76. The number of thiazole rings is 1. The summed E-state index contributed by atoms with van der Waals surface area (Å²) in [4.78, 5) is 6.28. The van der Waals surface area contributed by atoms with Gasteiger partial charge in [-0.25, -0.2) is 13.4 Å². The average Bonchev–Trinajstić information content (AvgIpc) is 2.93. The number of sulfonamides is 1. The summed E-state index contributed by atoms with van der Waals surface area (Å²) in [6.45, 7) is 7.61. The molecule has 0 amide bonds. The molecule has 124 valence electrons. The van der Waals surface area contributed by atoms with Gasteiger partial charge in [0.25, 0.3) is 0 Å². The summed E-state index contributed by atoms with van der Waals surface area (Å²) in [7, 11) is -3.36. The Balaban J connectivity index is 1.62. The van der Waals surface area contributed by atoms with Crippen LogP contribution in [0.3, 0.4) is 0 Å². The maximum atomic E-state index is 12.7. The lowest BCUT2D eigenvalue weighted by Crippen LogP contribution is -3.13. The molecule has 1 saturated heterocycles. The van der Waals surface area contributed by atoms with Crippen LogP contribution < -0.4 is 4.90 Å². The van der Waals surface area contributed by atoms with Crippen molar-refractivity contribution in [2.45, 2.75) is 25.3 Å². The van der Waals surface area contributed by atoms with Crippen molar-refractivity contribution in [2.24, 2.45) is 0 Å². The fraction of sp³-hybridized carbons (Fsp3) is 0.438. The fourth-order valence-corrected chi connectivity index (χ4v) is 4.88. The van der Waals surface area contributed by atoms with Crippen LogP contribution in [0.2, 0.25) is 0 Å². The number of rotatable bonds is 4. The van der Waals surface area contributed by atoms with Crippen LogP contribution >= 0.6 is 11.3 Å². The zero-order valence-corrected chi connectivity index (χ0v) is 15.1. The highest BCUT2D eigenvalue weighted by Gasteiger charge is 2.30. The Bertz CT molecular complexity index is 761. The third-order valence-corrected chi connectivity index (χ3v) is 6.92. The number of nitrogens with one attached hydrogen (secondary N) is 1. The van der Waals surface area contributed by atoms with Crippen molar-refractivity contribution in [2.75, 3.05) is 26.2 Å². The number of nitrogens with zero attached hydrogens (tertiary/aromatic N) is 2. The molecule has 1 aromatic carbocycles. The number of quaternary nitrogens is 1. The number of aromatic nitrogens is 1. The third-order valence-electron chi connectivity index (χ3n) is 4.19.